The fourth-order valence-electron chi connectivity index (χ4n) is 2.14. The van der Waals surface area contributed by atoms with Gasteiger partial charge in [0.25, 0.3) is 0 Å². The van der Waals surface area contributed by atoms with E-state index in [0.717, 1.165) is 19.6 Å². The van der Waals surface area contributed by atoms with Crippen LogP contribution in [-0.2, 0) is 4.79 Å². The molecule has 98 valence electrons. The van der Waals surface area contributed by atoms with E-state index >= 15 is 0 Å². The largest absolute Gasteiger partial charge is 0.351 e. The molecule has 0 aliphatic carbocycles. The van der Waals surface area contributed by atoms with Gasteiger partial charge in [-0.15, -0.1) is 0 Å². The first-order valence-corrected chi connectivity index (χ1v) is 6.07. The maximum atomic E-state index is 11.4. The van der Waals surface area contributed by atoms with E-state index in [1.54, 1.807) is 6.92 Å². The van der Waals surface area contributed by atoms with Gasteiger partial charge in [0.05, 0.1) is 6.04 Å². The molecule has 1 rings (SSSR count). The zero-order valence-electron chi connectivity index (χ0n) is 10.5. The second-order valence-electron chi connectivity index (χ2n) is 4.65. The van der Waals surface area contributed by atoms with E-state index in [0.29, 0.717) is 0 Å². The average Bonchev–Trinajstić information content (AvgIpc) is 2.68. The number of rotatable bonds is 5. The first kappa shape index (κ1) is 13.9. The van der Waals surface area contributed by atoms with Crippen LogP contribution in [0, 0.1) is 0 Å². The van der Waals surface area contributed by atoms with Gasteiger partial charge in [-0.25, -0.2) is 4.79 Å². The second-order valence-corrected chi connectivity index (χ2v) is 4.65. The Morgan fingerprint density at radius 1 is 1.29 bits per heavy atom. The lowest BCUT2D eigenvalue weighted by Gasteiger charge is -2.23. The molecule has 1 heterocycles. The highest BCUT2D eigenvalue weighted by molar-refractivity contribution is 5.96. The minimum Gasteiger partial charge on any atom is -0.351 e. The minimum absolute atomic E-state index is 0.210. The SMILES string of the molecule is CC(CN1CCCC1)NC(C)C(=O)NC(N)=O. The maximum Gasteiger partial charge on any atom is 0.318 e. The van der Waals surface area contributed by atoms with Gasteiger partial charge in [0.2, 0.25) is 5.91 Å². The van der Waals surface area contributed by atoms with Gasteiger partial charge in [-0.3, -0.25) is 10.1 Å². The number of nitrogens with one attached hydrogen (secondary N) is 2. The van der Waals surface area contributed by atoms with Crippen molar-refractivity contribution in [1.29, 1.82) is 0 Å². The van der Waals surface area contributed by atoms with Crippen LogP contribution in [0.2, 0.25) is 0 Å². The Morgan fingerprint density at radius 3 is 2.41 bits per heavy atom. The van der Waals surface area contributed by atoms with Crippen LogP contribution in [0.1, 0.15) is 26.7 Å². The van der Waals surface area contributed by atoms with E-state index < -0.39 is 12.1 Å². The van der Waals surface area contributed by atoms with Gasteiger partial charge in [-0.2, -0.15) is 0 Å². The molecule has 0 saturated carbocycles. The van der Waals surface area contributed by atoms with E-state index in [1.165, 1.54) is 12.8 Å². The van der Waals surface area contributed by atoms with Crippen molar-refractivity contribution in [3.05, 3.63) is 0 Å². The van der Waals surface area contributed by atoms with Crippen LogP contribution in [0.15, 0.2) is 0 Å². The molecular weight excluding hydrogens is 220 g/mol. The Bertz CT molecular complexity index is 277. The molecule has 0 radical (unpaired) electrons. The van der Waals surface area contributed by atoms with Crippen molar-refractivity contribution in [1.82, 2.24) is 15.5 Å². The van der Waals surface area contributed by atoms with Gasteiger partial charge >= 0.3 is 6.03 Å². The summed E-state index contributed by atoms with van der Waals surface area (Å²) in [5.41, 5.74) is 4.89. The number of urea groups is 1. The Balaban J connectivity index is 2.26. The van der Waals surface area contributed by atoms with Crippen LogP contribution in [0.25, 0.3) is 0 Å². The molecule has 0 bridgehead atoms. The number of likely N-dealkylation sites (tertiary alicyclic amines) is 1. The smallest absolute Gasteiger partial charge is 0.318 e. The quantitative estimate of drug-likeness (QED) is 0.614. The summed E-state index contributed by atoms with van der Waals surface area (Å²) >= 11 is 0. The molecular formula is C11H22N4O2. The van der Waals surface area contributed by atoms with Crippen molar-refractivity contribution in [2.24, 2.45) is 5.73 Å². The van der Waals surface area contributed by atoms with Crippen molar-refractivity contribution >= 4 is 11.9 Å². The molecule has 17 heavy (non-hydrogen) atoms. The third-order valence-corrected chi connectivity index (χ3v) is 2.90. The number of hydrogen-bond donors (Lipinski definition) is 3. The Morgan fingerprint density at radius 2 is 1.88 bits per heavy atom. The molecule has 4 N–H and O–H groups in total. The molecule has 1 aliphatic heterocycles. The van der Waals surface area contributed by atoms with Gasteiger partial charge in [0.1, 0.15) is 0 Å². The molecule has 6 heteroatoms. The summed E-state index contributed by atoms with van der Waals surface area (Å²) in [5, 5.41) is 5.22. The van der Waals surface area contributed by atoms with Gasteiger partial charge in [0.15, 0.2) is 0 Å². The van der Waals surface area contributed by atoms with E-state index in [9.17, 15) is 9.59 Å². The third-order valence-electron chi connectivity index (χ3n) is 2.90. The number of carbonyl (C=O) groups excluding carboxylic acids is 2. The first-order chi connectivity index (χ1) is 7.99. The van der Waals surface area contributed by atoms with E-state index in [4.69, 9.17) is 5.73 Å². The van der Waals surface area contributed by atoms with E-state index in [2.05, 4.69) is 15.5 Å². The van der Waals surface area contributed by atoms with E-state index in [1.807, 2.05) is 6.92 Å². The Labute approximate surface area is 102 Å². The summed E-state index contributed by atoms with van der Waals surface area (Å²) in [6.07, 6.45) is 2.51. The molecule has 0 spiro atoms. The lowest BCUT2D eigenvalue weighted by molar-refractivity contribution is -0.121. The summed E-state index contributed by atoms with van der Waals surface area (Å²) < 4.78 is 0. The predicted octanol–water partition coefficient (Wildman–Crippen LogP) is -0.356. The van der Waals surface area contributed by atoms with Crippen molar-refractivity contribution in [3.8, 4) is 0 Å². The fourth-order valence-corrected chi connectivity index (χ4v) is 2.14. The highest BCUT2D eigenvalue weighted by atomic mass is 16.2. The normalized spacial score (nSPS) is 19.9. The number of hydrogen-bond acceptors (Lipinski definition) is 4. The van der Waals surface area contributed by atoms with Crippen molar-refractivity contribution in [2.75, 3.05) is 19.6 Å². The van der Waals surface area contributed by atoms with Crippen LogP contribution in [0.4, 0.5) is 4.79 Å². The molecule has 0 aromatic heterocycles. The van der Waals surface area contributed by atoms with E-state index in [-0.39, 0.29) is 11.9 Å². The molecule has 1 saturated heterocycles. The van der Waals surface area contributed by atoms with Crippen molar-refractivity contribution in [3.63, 3.8) is 0 Å². The van der Waals surface area contributed by atoms with Crippen molar-refractivity contribution < 1.29 is 9.59 Å². The van der Waals surface area contributed by atoms with Gasteiger partial charge < -0.3 is 16.0 Å². The summed E-state index contributed by atoms with van der Waals surface area (Å²) in [5.74, 6) is -0.384. The molecule has 6 nitrogen and oxygen atoms in total. The number of imide groups is 1. The topological polar surface area (TPSA) is 87.5 Å². The second kappa shape index (κ2) is 6.56. The molecule has 1 fully saturated rings. The van der Waals surface area contributed by atoms with Crippen molar-refractivity contribution in [2.45, 2.75) is 38.8 Å². The highest BCUT2D eigenvalue weighted by Gasteiger charge is 2.19. The molecule has 1 aliphatic rings. The zero-order valence-corrected chi connectivity index (χ0v) is 10.5. The lowest BCUT2D eigenvalue weighted by Crippen LogP contribution is -2.51. The molecule has 0 aromatic carbocycles. The number of amides is 3. The maximum absolute atomic E-state index is 11.4. The number of nitrogens with zero attached hydrogens (tertiary/aromatic N) is 1. The monoisotopic (exact) mass is 242 g/mol. The van der Waals surface area contributed by atoms with Gasteiger partial charge in [-0.1, -0.05) is 0 Å². The summed E-state index contributed by atoms with van der Waals surface area (Å²) in [6, 6.07) is -1.02. The predicted molar refractivity (Wildman–Crippen MR) is 65.5 cm³/mol. The zero-order chi connectivity index (χ0) is 12.8. The molecule has 0 aromatic rings. The minimum atomic E-state index is -0.809. The highest BCUT2D eigenvalue weighted by Crippen LogP contribution is 2.07. The summed E-state index contributed by atoms with van der Waals surface area (Å²) in [4.78, 5) is 24.3. The molecule has 3 amide bonds. The Kier molecular flexibility index (Phi) is 5.37. The first-order valence-electron chi connectivity index (χ1n) is 6.07. The fraction of sp³-hybridized carbons (Fsp3) is 0.818. The van der Waals surface area contributed by atoms with Gasteiger partial charge in [0, 0.05) is 12.6 Å². The number of nitrogens with two attached hydrogens (primary N) is 1. The number of carbonyl (C=O) groups is 2. The lowest BCUT2D eigenvalue weighted by atomic mass is 10.2. The van der Waals surface area contributed by atoms with Crippen LogP contribution >= 0.6 is 0 Å². The third kappa shape index (κ3) is 5.14. The average molecular weight is 242 g/mol. The number of primary amides is 1. The Hall–Kier alpha value is -1.14. The van der Waals surface area contributed by atoms with Gasteiger partial charge in [-0.05, 0) is 39.8 Å². The molecule has 2 atom stereocenters. The standard InChI is InChI=1S/C11H22N4O2/c1-8(7-15-5-3-4-6-15)13-9(2)10(16)14-11(12)17/h8-9,13H,3-7H2,1-2H3,(H3,12,14,16,17). The summed E-state index contributed by atoms with van der Waals surface area (Å²) in [6.45, 7) is 6.95. The van der Waals surface area contributed by atoms with Crippen LogP contribution in [0.3, 0.4) is 0 Å². The molecule has 2 unspecified atom stereocenters. The van der Waals surface area contributed by atoms with Crippen LogP contribution in [-0.4, -0.2) is 48.6 Å². The summed E-state index contributed by atoms with van der Waals surface area (Å²) in [7, 11) is 0. The van der Waals surface area contributed by atoms with Crippen LogP contribution in [0.5, 0.6) is 0 Å². The van der Waals surface area contributed by atoms with Crippen LogP contribution < -0.4 is 16.4 Å².